The standard InChI is InChI=1S/C24H29N3/c1-17(2)12-21-14-19(16-25)15-22(13-18(3)4)23(21)27-11-10-26-24(27)20-8-6-5-7-9-20/h5-9,14-15,17-18H,10-13H2,1-4H3. The van der Waals surface area contributed by atoms with Crippen molar-refractivity contribution < 1.29 is 0 Å². The van der Waals surface area contributed by atoms with E-state index in [-0.39, 0.29) is 0 Å². The quantitative estimate of drug-likeness (QED) is 0.709. The van der Waals surface area contributed by atoms with Gasteiger partial charge in [-0.05, 0) is 47.9 Å². The zero-order chi connectivity index (χ0) is 19.4. The van der Waals surface area contributed by atoms with Gasteiger partial charge >= 0.3 is 0 Å². The summed E-state index contributed by atoms with van der Waals surface area (Å²) in [5.74, 6) is 2.11. The lowest BCUT2D eigenvalue weighted by atomic mass is 9.91. The van der Waals surface area contributed by atoms with Crippen LogP contribution in [0.1, 0.15) is 49.9 Å². The Labute approximate surface area is 163 Å². The van der Waals surface area contributed by atoms with Crippen molar-refractivity contribution in [3.05, 3.63) is 64.7 Å². The Hall–Kier alpha value is -2.60. The summed E-state index contributed by atoms with van der Waals surface area (Å²) in [4.78, 5) is 7.21. The van der Waals surface area contributed by atoms with E-state index in [9.17, 15) is 5.26 Å². The summed E-state index contributed by atoms with van der Waals surface area (Å²) in [5.41, 5.74) is 5.74. The van der Waals surface area contributed by atoms with E-state index in [0.29, 0.717) is 11.8 Å². The van der Waals surface area contributed by atoms with Gasteiger partial charge in [0.25, 0.3) is 0 Å². The van der Waals surface area contributed by atoms with Gasteiger partial charge in [0, 0.05) is 17.8 Å². The Bertz CT molecular complexity index is 826. The average molecular weight is 360 g/mol. The number of anilines is 1. The third-order valence-corrected chi connectivity index (χ3v) is 4.80. The molecular weight excluding hydrogens is 330 g/mol. The van der Waals surface area contributed by atoms with Gasteiger partial charge in [-0.2, -0.15) is 5.26 Å². The normalized spacial score (nSPS) is 14.0. The van der Waals surface area contributed by atoms with Crippen molar-refractivity contribution >= 4 is 11.5 Å². The fourth-order valence-corrected chi connectivity index (χ4v) is 3.86. The zero-order valence-electron chi connectivity index (χ0n) is 16.9. The fourth-order valence-electron chi connectivity index (χ4n) is 3.86. The van der Waals surface area contributed by atoms with Crippen LogP contribution in [0.3, 0.4) is 0 Å². The van der Waals surface area contributed by atoms with Gasteiger partial charge in [0.1, 0.15) is 5.84 Å². The molecule has 0 unspecified atom stereocenters. The first-order chi connectivity index (χ1) is 13.0. The third-order valence-electron chi connectivity index (χ3n) is 4.80. The van der Waals surface area contributed by atoms with E-state index in [2.05, 4.69) is 75.1 Å². The first kappa shape index (κ1) is 19.2. The van der Waals surface area contributed by atoms with E-state index in [1.165, 1.54) is 16.8 Å². The van der Waals surface area contributed by atoms with E-state index >= 15 is 0 Å². The molecule has 3 nitrogen and oxygen atoms in total. The topological polar surface area (TPSA) is 39.4 Å². The maximum atomic E-state index is 9.55. The third kappa shape index (κ3) is 4.39. The Balaban J connectivity index is 2.14. The lowest BCUT2D eigenvalue weighted by Gasteiger charge is -2.28. The van der Waals surface area contributed by atoms with Gasteiger partial charge in [-0.1, -0.05) is 58.0 Å². The van der Waals surface area contributed by atoms with E-state index in [4.69, 9.17) is 4.99 Å². The monoisotopic (exact) mass is 359 g/mol. The van der Waals surface area contributed by atoms with Crippen LogP contribution in [0.2, 0.25) is 0 Å². The Morgan fingerprint density at radius 1 is 1.00 bits per heavy atom. The second-order valence-electron chi connectivity index (χ2n) is 8.17. The maximum absolute atomic E-state index is 9.55. The smallest absolute Gasteiger partial charge is 0.135 e. The molecule has 0 spiro atoms. The molecule has 2 aromatic rings. The number of benzene rings is 2. The van der Waals surface area contributed by atoms with Crippen LogP contribution in [0, 0.1) is 23.2 Å². The number of nitrogens with zero attached hydrogens (tertiary/aromatic N) is 3. The number of aliphatic imine (C=N–C) groups is 1. The van der Waals surface area contributed by atoms with Gasteiger partial charge in [0.2, 0.25) is 0 Å². The molecule has 0 aromatic heterocycles. The summed E-state index contributed by atoms with van der Waals surface area (Å²) in [6.45, 7) is 10.7. The van der Waals surface area contributed by atoms with E-state index in [0.717, 1.165) is 42.9 Å². The molecule has 1 aliphatic rings. The van der Waals surface area contributed by atoms with Crippen LogP contribution in [0.5, 0.6) is 0 Å². The van der Waals surface area contributed by atoms with Crippen LogP contribution in [-0.4, -0.2) is 18.9 Å². The van der Waals surface area contributed by atoms with Crippen molar-refractivity contribution in [1.29, 1.82) is 5.26 Å². The summed E-state index contributed by atoms with van der Waals surface area (Å²) in [5, 5.41) is 9.55. The molecule has 1 heterocycles. The first-order valence-corrected chi connectivity index (χ1v) is 9.93. The molecule has 0 saturated heterocycles. The van der Waals surface area contributed by atoms with Crippen molar-refractivity contribution in [2.24, 2.45) is 16.8 Å². The molecule has 1 aliphatic heterocycles. The van der Waals surface area contributed by atoms with Crippen molar-refractivity contribution in [1.82, 2.24) is 0 Å². The van der Waals surface area contributed by atoms with Gasteiger partial charge in [0.15, 0.2) is 0 Å². The minimum atomic E-state index is 0.532. The van der Waals surface area contributed by atoms with Crippen LogP contribution in [0.15, 0.2) is 47.5 Å². The number of nitriles is 1. The lowest BCUT2D eigenvalue weighted by Crippen LogP contribution is -2.30. The molecule has 2 aromatic carbocycles. The highest BCUT2D eigenvalue weighted by molar-refractivity contribution is 6.11. The Kier molecular flexibility index (Phi) is 5.96. The summed E-state index contributed by atoms with van der Waals surface area (Å²) < 4.78 is 0. The predicted octanol–water partition coefficient (Wildman–Crippen LogP) is 5.22. The predicted molar refractivity (Wildman–Crippen MR) is 113 cm³/mol. The highest BCUT2D eigenvalue weighted by Crippen LogP contribution is 2.34. The van der Waals surface area contributed by atoms with Crippen LogP contribution >= 0.6 is 0 Å². The molecule has 140 valence electrons. The average Bonchev–Trinajstić information content (AvgIpc) is 3.10. The van der Waals surface area contributed by atoms with Gasteiger partial charge in [-0.3, -0.25) is 4.99 Å². The van der Waals surface area contributed by atoms with Gasteiger partial charge in [-0.15, -0.1) is 0 Å². The SMILES string of the molecule is CC(C)Cc1cc(C#N)cc(CC(C)C)c1N1CCN=C1c1ccccc1. The summed E-state index contributed by atoms with van der Waals surface area (Å²) in [6.07, 6.45) is 1.93. The highest BCUT2D eigenvalue weighted by atomic mass is 15.2. The summed E-state index contributed by atoms with van der Waals surface area (Å²) in [7, 11) is 0. The van der Waals surface area contributed by atoms with E-state index in [1.54, 1.807) is 0 Å². The number of hydrogen-bond donors (Lipinski definition) is 0. The fraction of sp³-hybridized carbons (Fsp3) is 0.417. The first-order valence-electron chi connectivity index (χ1n) is 9.93. The van der Waals surface area contributed by atoms with Crippen LogP contribution in [-0.2, 0) is 12.8 Å². The molecule has 0 atom stereocenters. The molecule has 0 N–H and O–H groups in total. The van der Waals surface area contributed by atoms with Crippen molar-refractivity contribution in [3.63, 3.8) is 0 Å². The zero-order valence-corrected chi connectivity index (χ0v) is 16.9. The second-order valence-corrected chi connectivity index (χ2v) is 8.17. The van der Waals surface area contributed by atoms with Crippen LogP contribution < -0.4 is 4.90 Å². The van der Waals surface area contributed by atoms with Crippen LogP contribution in [0.4, 0.5) is 5.69 Å². The van der Waals surface area contributed by atoms with Crippen LogP contribution in [0.25, 0.3) is 0 Å². The molecule has 0 amide bonds. The van der Waals surface area contributed by atoms with E-state index in [1.807, 2.05) is 6.07 Å². The number of rotatable bonds is 6. The van der Waals surface area contributed by atoms with Crippen molar-refractivity contribution in [2.75, 3.05) is 18.0 Å². The maximum Gasteiger partial charge on any atom is 0.135 e. The highest BCUT2D eigenvalue weighted by Gasteiger charge is 2.26. The van der Waals surface area contributed by atoms with Crippen molar-refractivity contribution in [2.45, 2.75) is 40.5 Å². The van der Waals surface area contributed by atoms with Gasteiger partial charge in [0.05, 0.1) is 18.2 Å². The minimum absolute atomic E-state index is 0.532. The number of amidine groups is 1. The number of hydrogen-bond acceptors (Lipinski definition) is 3. The molecule has 0 aliphatic carbocycles. The second kappa shape index (κ2) is 8.39. The molecule has 0 bridgehead atoms. The molecule has 0 radical (unpaired) electrons. The summed E-state index contributed by atoms with van der Waals surface area (Å²) >= 11 is 0. The van der Waals surface area contributed by atoms with Gasteiger partial charge in [-0.25, -0.2) is 0 Å². The molecule has 3 rings (SSSR count). The molecular formula is C24H29N3. The molecule has 27 heavy (non-hydrogen) atoms. The molecule has 0 saturated carbocycles. The van der Waals surface area contributed by atoms with Gasteiger partial charge < -0.3 is 4.90 Å². The minimum Gasteiger partial charge on any atom is -0.324 e. The van der Waals surface area contributed by atoms with Crippen molar-refractivity contribution in [3.8, 4) is 6.07 Å². The largest absolute Gasteiger partial charge is 0.324 e. The Morgan fingerprint density at radius 2 is 1.59 bits per heavy atom. The summed E-state index contributed by atoms with van der Waals surface area (Å²) in [6, 6.07) is 17.0. The lowest BCUT2D eigenvalue weighted by molar-refractivity contribution is 0.635. The Morgan fingerprint density at radius 3 is 2.11 bits per heavy atom. The van der Waals surface area contributed by atoms with E-state index < -0.39 is 0 Å². The molecule has 3 heteroatoms. The molecule has 0 fully saturated rings.